The molecular formula is C14H22ClN3O2. The highest BCUT2D eigenvalue weighted by Crippen LogP contribution is 2.26. The normalized spacial score (nSPS) is 20.2. The van der Waals surface area contributed by atoms with Gasteiger partial charge in [-0.2, -0.15) is 0 Å². The van der Waals surface area contributed by atoms with Gasteiger partial charge in [-0.25, -0.2) is 9.97 Å². The topological polar surface area (TPSA) is 69.5 Å². The van der Waals surface area contributed by atoms with E-state index in [-0.39, 0.29) is 24.4 Å². The first kappa shape index (κ1) is 15.5. The van der Waals surface area contributed by atoms with E-state index in [0.717, 1.165) is 44.5 Å². The molecule has 1 aromatic rings. The zero-order valence-corrected chi connectivity index (χ0v) is 12.3. The van der Waals surface area contributed by atoms with Gasteiger partial charge in [0, 0.05) is 32.2 Å². The third kappa shape index (κ3) is 4.30. The van der Waals surface area contributed by atoms with Crippen LogP contribution in [-0.4, -0.2) is 46.5 Å². The van der Waals surface area contributed by atoms with Gasteiger partial charge in [0.15, 0.2) is 0 Å². The first-order valence-corrected chi connectivity index (χ1v) is 7.55. The van der Waals surface area contributed by atoms with E-state index in [0.29, 0.717) is 5.92 Å². The molecule has 2 rings (SSSR count). The molecule has 0 aromatic carbocycles. The first-order valence-electron chi connectivity index (χ1n) is 7.17. The molecule has 1 aliphatic rings. The molecule has 20 heavy (non-hydrogen) atoms. The van der Waals surface area contributed by atoms with Crippen molar-refractivity contribution in [3.05, 3.63) is 17.7 Å². The monoisotopic (exact) mass is 299 g/mol. The van der Waals surface area contributed by atoms with Gasteiger partial charge in [0.05, 0.1) is 18.1 Å². The lowest BCUT2D eigenvalue weighted by Gasteiger charge is -2.22. The van der Waals surface area contributed by atoms with Crippen LogP contribution in [0.1, 0.15) is 25.7 Å². The Labute approximate surface area is 124 Å². The maximum atomic E-state index is 9.18. The Bertz CT molecular complexity index is 398. The first-order chi connectivity index (χ1) is 9.72. The maximum absolute atomic E-state index is 9.18. The Hall–Kier alpha value is -0.910. The molecule has 2 N–H and O–H groups in total. The molecule has 0 bridgehead atoms. The summed E-state index contributed by atoms with van der Waals surface area (Å²) in [5, 5.41) is 18.6. The fourth-order valence-electron chi connectivity index (χ4n) is 2.81. The van der Waals surface area contributed by atoms with Crippen LogP contribution in [-0.2, 0) is 0 Å². The third-order valence-electron chi connectivity index (χ3n) is 4.00. The van der Waals surface area contributed by atoms with E-state index in [2.05, 4.69) is 14.9 Å². The largest absolute Gasteiger partial charge is 0.396 e. The maximum Gasteiger partial charge on any atom is 0.222 e. The molecule has 0 saturated carbocycles. The molecule has 0 aliphatic carbocycles. The van der Waals surface area contributed by atoms with Gasteiger partial charge in [0.25, 0.3) is 0 Å². The Morgan fingerprint density at radius 2 is 1.90 bits per heavy atom. The number of hydrogen-bond acceptors (Lipinski definition) is 5. The molecule has 0 radical (unpaired) electrons. The predicted octanol–water partition coefficient (Wildman–Crippen LogP) is 1.73. The Balaban J connectivity index is 1.90. The third-order valence-corrected chi connectivity index (χ3v) is 4.20. The van der Waals surface area contributed by atoms with Gasteiger partial charge in [-0.05, 0) is 43.2 Å². The van der Waals surface area contributed by atoms with Crippen molar-refractivity contribution in [2.24, 2.45) is 11.8 Å². The van der Waals surface area contributed by atoms with Gasteiger partial charge >= 0.3 is 0 Å². The summed E-state index contributed by atoms with van der Waals surface area (Å²) in [6.07, 6.45) is 7.75. The minimum Gasteiger partial charge on any atom is -0.396 e. The second-order valence-corrected chi connectivity index (χ2v) is 5.80. The number of anilines is 1. The van der Waals surface area contributed by atoms with Gasteiger partial charge < -0.3 is 15.1 Å². The Kier molecular flexibility index (Phi) is 6.01. The van der Waals surface area contributed by atoms with E-state index in [9.17, 15) is 10.2 Å². The molecule has 1 fully saturated rings. The average molecular weight is 300 g/mol. The smallest absolute Gasteiger partial charge is 0.222 e. The molecular weight excluding hydrogens is 278 g/mol. The number of aromatic nitrogens is 2. The SMILES string of the molecule is OCC(CO)CC1CCCN(c2cnc(Cl)nc2)CC1. The molecule has 0 spiro atoms. The number of hydrogen-bond donors (Lipinski definition) is 2. The molecule has 2 heterocycles. The zero-order valence-electron chi connectivity index (χ0n) is 11.6. The van der Waals surface area contributed by atoms with Gasteiger partial charge in [0.1, 0.15) is 0 Å². The lowest BCUT2D eigenvalue weighted by atomic mass is 9.90. The van der Waals surface area contributed by atoms with Crippen LogP contribution in [0, 0.1) is 11.8 Å². The van der Waals surface area contributed by atoms with Crippen molar-refractivity contribution in [3.63, 3.8) is 0 Å². The van der Waals surface area contributed by atoms with Gasteiger partial charge in [0.2, 0.25) is 5.28 Å². The van der Waals surface area contributed by atoms with Crippen LogP contribution in [0.5, 0.6) is 0 Å². The van der Waals surface area contributed by atoms with Crippen LogP contribution in [0.15, 0.2) is 12.4 Å². The standard InChI is InChI=1S/C14H22ClN3O2/c15-14-16-7-13(8-17-14)18-4-1-2-11(3-5-18)6-12(9-19)10-20/h7-8,11-12,19-20H,1-6,9-10H2. The number of rotatable bonds is 5. The highest BCUT2D eigenvalue weighted by atomic mass is 35.5. The fraction of sp³-hybridized carbons (Fsp3) is 0.714. The van der Waals surface area contributed by atoms with Crippen LogP contribution in [0.25, 0.3) is 0 Å². The van der Waals surface area contributed by atoms with Crippen molar-refractivity contribution in [2.75, 3.05) is 31.2 Å². The van der Waals surface area contributed by atoms with E-state index in [4.69, 9.17) is 11.6 Å². The van der Waals surface area contributed by atoms with Crippen LogP contribution < -0.4 is 4.90 Å². The van der Waals surface area contributed by atoms with Crippen LogP contribution in [0.4, 0.5) is 5.69 Å². The minimum absolute atomic E-state index is 0.0189. The molecule has 1 atom stereocenters. The quantitative estimate of drug-likeness (QED) is 0.810. The summed E-state index contributed by atoms with van der Waals surface area (Å²) in [5.74, 6) is 0.586. The van der Waals surface area contributed by atoms with E-state index in [1.54, 1.807) is 12.4 Å². The van der Waals surface area contributed by atoms with E-state index in [1.807, 2.05) is 0 Å². The van der Waals surface area contributed by atoms with E-state index in [1.165, 1.54) is 0 Å². The molecule has 5 nitrogen and oxygen atoms in total. The number of nitrogens with zero attached hydrogens (tertiary/aromatic N) is 3. The summed E-state index contributed by atoms with van der Waals surface area (Å²) in [6, 6.07) is 0. The van der Waals surface area contributed by atoms with Crippen LogP contribution in [0.2, 0.25) is 5.28 Å². The van der Waals surface area contributed by atoms with Crippen LogP contribution >= 0.6 is 11.6 Å². The van der Waals surface area contributed by atoms with E-state index < -0.39 is 0 Å². The van der Waals surface area contributed by atoms with Crippen molar-refractivity contribution in [1.29, 1.82) is 0 Å². The Morgan fingerprint density at radius 3 is 2.55 bits per heavy atom. The summed E-state index contributed by atoms with van der Waals surface area (Å²) in [7, 11) is 0. The van der Waals surface area contributed by atoms with Gasteiger partial charge in [-0.3, -0.25) is 0 Å². The molecule has 1 aromatic heterocycles. The second-order valence-electron chi connectivity index (χ2n) is 5.46. The average Bonchev–Trinajstić information content (AvgIpc) is 2.71. The predicted molar refractivity (Wildman–Crippen MR) is 78.9 cm³/mol. The second kappa shape index (κ2) is 7.76. The van der Waals surface area contributed by atoms with Crippen LogP contribution in [0.3, 0.4) is 0 Å². The summed E-state index contributed by atoms with van der Waals surface area (Å²) < 4.78 is 0. The molecule has 6 heteroatoms. The van der Waals surface area contributed by atoms with Crippen molar-refractivity contribution in [1.82, 2.24) is 9.97 Å². The molecule has 1 saturated heterocycles. The van der Waals surface area contributed by atoms with Gasteiger partial charge in [-0.1, -0.05) is 0 Å². The van der Waals surface area contributed by atoms with E-state index >= 15 is 0 Å². The van der Waals surface area contributed by atoms with Crippen molar-refractivity contribution in [3.8, 4) is 0 Å². The fourth-order valence-corrected chi connectivity index (χ4v) is 2.90. The lowest BCUT2D eigenvalue weighted by molar-refractivity contribution is 0.127. The Morgan fingerprint density at radius 1 is 1.20 bits per heavy atom. The zero-order chi connectivity index (χ0) is 14.4. The molecule has 0 amide bonds. The minimum atomic E-state index is 0.0189. The van der Waals surface area contributed by atoms with Crippen molar-refractivity contribution in [2.45, 2.75) is 25.7 Å². The lowest BCUT2D eigenvalue weighted by Crippen LogP contribution is -2.24. The molecule has 112 valence electrons. The highest BCUT2D eigenvalue weighted by molar-refractivity contribution is 6.28. The highest BCUT2D eigenvalue weighted by Gasteiger charge is 2.20. The number of aliphatic hydroxyl groups excluding tert-OH is 2. The molecule has 1 aliphatic heterocycles. The summed E-state index contributed by atoms with van der Waals surface area (Å²) in [6.45, 7) is 2.09. The summed E-state index contributed by atoms with van der Waals surface area (Å²) in [4.78, 5) is 10.3. The van der Waals surface area contributed by atoms with Crippen molar-refractivity contribution >= 4 is 17.3 Å². The number of aliphatic hydroxyl groups is 2. The van der Waals surface area contributed by atoms with Gasteiger partial charge in [-0.15, -0.1) is 0 Å². The summed E-state index contributed by atoms with van der Waals surface area (Å²) in [5.41, 5.74) is 1.01. The summed E-state index contributed by atoms with van der Waals surface area (Å²) >= 11 is 5.71. The van der Waals surface area contributed by atoms with Crippen molar-refractivity contribution < 1.29 is 10.2 Å². The molecule has 1 unspecified atom stereocenters. The number of halogens is 1.